The van der Waals surface area contributed by atoms with E-state index in [1.807, 2.05) is 0 Å². The molecule has 0 saturated carbocycles. The summed E-state index contributed by atoms with van der Waals surface area (Å²) in [5, 5.41) is 1.29. The Kier molecular flexibility index (Phi) is 4.41. The third-order valence-corrected chi connectivity index (χ3v) is 4.65. The minimum atomic E-state index is -0.463. The molecule has 0 aliphatic carbocycles. The van der Waals surface area contributed by atoms with Gasteiger partial charge < -0.3 is 9.72 Å². The fourth-order valence-corrected chi connectivity index (χ4v) is 2.97. The number of H-pyrrole nitrogens is 1. The van der Waals surface area contributed by atoms with Gasteiger partial charge >= 0.3 is 5.97 Å². The summed E-state index contributed by atoms with van der Waals surface area (Å²) in [4.78, 5) is 15.3. The Balaban J connectivity index is 2.30. The van der Waals surface area contributed by atoms with E-state index in [2.05, 4.69) is 20.9 Å². The van der Waals surface area contributed by atoms with Gasteiger partial charge in [-0.15, -0.1) is 0 Å². The highest BCUT2D eigenvalue weighted by atomic mass is 79.9. The van der Waals surface area contributed by atoms with Crippen LogP contribution in [0.5, 0.6) is 0 Å². The topological polar surface area (TPSA) is 42.1 Å². The van der Waals surface area contributed by atoms with Crippen LogP contribution in [0, 0.1) is 5.82 Å². The van der Waals surface area contributed by atoms with Crippen molar-refractivity contribution in [3.8, 4) is 11.1 Å². The van der Waals surface area contributed by atoms with Crippen molar-refractivity contribution in [1.29, 1.82) is 0 Å². The summed E-state index contributed by atoms with van der Waals surface area (Å²) in [5.74, 6) is -0.803. The molecule has 1 N–H and O–H groups in total. The molecule has 1 aromatic heterocycles. The fourth-order valence-electron chi connectivity index (χ4n) is 2.46. The molecular formula is C17H12BrClFNO2. The molecular weight excluding hydrogens is 385 g/mol. The van der Waals surface area contributed by atoms with Crippen LogP contribution in [0.1, 0.15) is 17.4 Å². The van der Waals surface area contributed by atoms with Crippen molar-refractivity contribution in [2.75, 3.05) is 6.61 Å². The zero-order chi connectivity index (χ0) is 16.6. The summed E-state index contributed by atoms with van der Waals surface area (Å²) in [6.45, 7) is 2.01. The van der Waals surface area contributed by atoms with Gasteiger partial charge in [-0.1, -0.05) is 23.7 Å². The standard InChI is InChI=1S/C17H12BrClFNO2/c1-2-23-17(22)16-15(9-3-5-10(20)6-4-9)11-7-13(19)12(18)8-14(11)21-16/h3-8,21H,2H2,1H3. The van der Waals surface area contributed by atoms with E-state index in [-0.39, 0.29) is 12.4 Å². The lowest BCUT2D eigenvalue weighted by molar-refractivity contribution is 0.0521. The second kappa shape index (κ2) is 6.34. The summed E-state index contributed by atoms with van der Waals surface area (Å²) in [7, 11) is 0. The number of carbonyl (C=O) groups is 1. The molecule has 0 fully saturated rings. The van der Waals surface area contributed by atoms with Crippen molar-refractivity contribution in [3.63, 3.8) is 0 Å². The van der Waals surface area contributed by atoms with E-state index in [0.717, 1.165) is 10.9 Å². The number of hydrogen-bond donors (Lipinski definition) is 1. The minimum Gasteiger partial charge on any atom is -0.461 e. The van der Waals surface area contributed by atoms with Gasteiger partial charge in [-0.25, -0.2) is 9.18 Å². The second-order valence-electron chi connectivity index (χ2n) is 4.91. The molecule has 0 aliphatic heterocycles. The maximum Gasteiger partial charge on any atom is 0.355 e. The van der Waals surface area contributed by atoms with Crippen molar-refractivity contribution >= 4 is 44.4 Å². The van der Waals surface area contributed by atoms with Gasteiger partial charge in [-0.3, -0.25) is 0 Å². The number of nitrogens with one attached hydrogen (secondary N) is 1. The fraction of sp³-hybridized carbons (Fsp3) is 0.118. The van der Waals surface area contributed by atoms with Crippen molar-refractivity contribution in [2.24, 2.45) is 0 Å². The number of aromatic amines is 1. The van der Waals surface area contributed by atoms with Gasteiger partial charge in [0, 0.05) is 20.9 Å². The smallest absolute Gasteiger partial charge is 0.355 e. The monoisotopic (exact) mass is 395 g/mol. The third-order valence-electron chi connectivity index (χ3n) is 3.45. The van der Waals surface area contributed by atoms with Crippen molar-refractivity contribution in [2.45, 2.75) is 6.92 Å². The number of carbonyl (C=O) groups excluding carboxylic acids is 1. The van der Waals surface area contributed by atoms with Crippen LogP contribution in [0.4, 0.5) is 4.39 Å². The number of esters is 1. The molecule has 3 nitrogen and oxygen atoms in total. The molecule has 23 heavy (non-hydrogen) atoms. The molecule has 0 unspecified atom stereocenters. The first-order valence-electron chi connectivity index (χ1n) is 6.95. The number of fused-ring (bicyclic) bond motifs is 1. The number of halogens is 3. The summed E-state index contributed by atoms with van der Waals surface area (Å²) in [5.41, 5.74) is 2.42. The van der Waals surface area contributed by atoms with E-state index in [0.29, 0.717) is 26.3 Å². The SMILES string of the molecule is CCOC(=O)c1[nH]c2cc(Br)c(Cl)cc2c1-c1ccc(F)cc1. The number of hydrogen-bond acceptors (Lipinski definition) is 2. The number of rotatable bonds is 3. The van der Waals surface area contributed by atoms with E-state index < -0.39 is 5.97 Å². The molecule has 118 valence electrons. The van der Waals surface area contributed by atoms with E-state index in [1.165, 1.54) is 12.1 Å². The molecule has 0 spiro atoms. The lowest BCUT2D eigenvalue weighted by atomic mass is 10.0. The highest BCUT2D eigenvalue weighted by molar-refractivity contribution is 9.10. The van der Waals surface area contributed by atoms with Gasteiger partial charge in [0.05, 0.1) is 11.6 Å². The molecule has 0 aliphatic rings. The largest absolute Gasteiger partial charge is 0.461 e. The average Bonchev–Trinajstić information content (AvgIpc) is 2.87. The first-order valence-corrected chi connectivity index (χ1v) is 8.12. The van der Waals surface area contributed by atoms with Crippen LogP contribution in [-0.2, 0) is 4.74 Å². The normalized spacial score (nSPS) is 11.0. The van der Waals surface area contributed by atoms with E-state index in [9.17, 15) is 9.18 Å². The quantitative estimate of drug-likeness (QED) is 0.588. The molecule has 0 saturated heterocycles. The number of aromatic nitrogens is 1. The van der Waals surface area contributed by atoms with Gasteiger partial charge in [0.25, 0.3) is 0 Å². The lowest BCUT2D eigenvalue weighted by Crippen LogP contribution is -2.06. The number of benzene rings is 2. The zero-order valence-corrected chi connectivity index (χ0v) is 14.5. The Morgan fingerprint density at radius 2 is 2.00 bits per heavy atom. The summed E-state index contributed by atoms with van der Waals surface area (Å²) in [6, 6.07) is 9.51. The Hall–Kier alpha value is -1.85. The van der Waals surface area contributed by atoms with E-state index >= 15 is 0 Å². The average molecular weight is 397 g/mol. The first kappa shape index (κ1) is 16.0. The Morgan fingerprint density at radius 1 is 1.30 bits per heavy atom. The molecule has 0 bridgehead atoms. The molecule has 0 atom stereocenters. The number of ether oxygens (including phenoxy) is 1. The summed E-state index contributed by atoms with van der Waals surface area (Å²) >= 11 is 9.55. The highest BCUT2D eigenvalue weighted by Crippen LogP contribution is 2.37. The lowest BCUT2D eigenvalue weighted by Gasteiger charge is -2.05. The predicted molar refractivity (Wildman–Crippen MR) is 92.4 cm³/mol. The van der Waals surface area contributed by atoms with Crippen LogP contribution in [0.15, 0.2) is 40.9 Å². The van der Waals surface area contributed by atoms with Crippen LogP contribution >= 0.6 is 27.5 Å². The van der Waals surface area contributed by atoms with E-state index in [4.69, 9.17) is 16.3 Å². The van der Waals surface area contributed by atoms with E-state index in [1.54, 1.807) is 31.2 Å². The Labute approximate surface area is 145 Å². The summed E-state index contributed by atoms with van der Waals surface area (Å²) in [6.07, 6.45) is 0. The predicted octanol–water partition coefficient (Wildman–Crippen LogP) is 5.57. The van der Waals surface area contributed by atoms with Crippen LogP contribution in [0.25, 0.3) is 22.0 Å². The zero-order valence-electron chi connectivity index (χ0n) is 12.1. The maximum absolute atomic E-state index is 13.2. The molecule has 3 aromatic rings. The minimum absolute atomic E-state index is 0.265. The molecule has 3 rings (SSSR count). The second-order valence-corrected chi connectivity index (χ2v) is 6.18. The molecule has 1 heterocycles. The van der Waals surface area contributed by atoms with Gasteiger partial charge in [0.2, 0.25) is 0 Å². The third kappa shape index (κ3) is 2.99. The van der Waals surface area contributed by atoms with Crippen LogP contribution in [0.2, 0.25) is 5.02 Å². The maximum atomic E-state index is 13.2. The van der Waals surface area contributed by atoms with Gasteiger partial charge in [-0.05, 0) is 52.7 Å². The van der Waals surface area contributed by atoms with Crippen molar-refractivity contribution < 1.29 is 13.9 Å². The van der Waals surface area contributed by atoms with Gasteiger partial charge in [-0.2, -0.15) is 0 Å². The molecule has 6 heteroatoms. The molecule has 0 radical (unpaired) electrons. The Morgan fingerprint density at radius 3 is 2.65 bits per heavy atom. The Bertz CT molecular complexity index is 890. The highest BCUT2D eigenvalue weighted by Gasteiger charge is 2.21. The first-order chi connectivity index (χ1) is 11.0. The molecule has 2 aromatic carbocycles. The summed E-state index contributed by atoms with van der Waals surface area (Å²) < 4.78 is 19.0. The van der Waals surface area contributed by atoms with Gasteiger partial charge in [0.1, 0.15) is 11.5 Å². The van der Waals surface area contributed by atoms with Crippen LogP contribution in [-0.4, -0.2) is 17.6 Å². The van der Waals surface area contributed by atoms with Crippen molar-refractivity contribution in [3.05, 3.63) is 57.4 Å². The van der Waals surface area contributed by atoms with Crippen molar-refractivity contribution in [1.82, 2.24) is 4.98 Å². The van der Waals surface area contributed by atoms with Gasteiger partial charge in [0.15, 0.2) is 0 Å². The molecule has 0 amide bonds. The van der Waals surface area contributed by atoms with Crippen LogP contribution < -0.4 is 0 Å². The van der Waals surface area contributed by atoms with Crippen LogP contribution in [0.3, 0.4) is 0 Å².